The molecule has 1 aliphatic rings. The lowest BCUT2D eigenvalue weighted by molar-refractivity contribution is -0.143. The van der Waals surface area contributed by atoms with Crippen LogP contribution in [0.5, 0.6) is 0 Å². The van der Waals surface area contributed by atoms with Gasteiger partial charge in [-0.15, -0.1) is 0 Å². The highest BCUT2D eigenvalue weighted by molar-refractivity contribution is 9.10. The van der Waals surface area contributed by atoms with Crippen LogP contribution in [-0.2, 0) is 9.53 Å². The van der Waals surface area contributed by atoms with Crippen molar-refractivity contribution in [1.82, 2.24) is 0 Å². The molecule has 1 fully saturated rings. The van der Waals surface area contributed by atoms with Gasteiger partial charge < -0.3 is 4.74 Å². The molecule has 17 heavy (non-hydrogen) atoms. The lowest BCUT2D eigenvalue weighted by Crippen LogP contribution is -2.19. The van der Waals surface area contributed by atoms with E-state index >= 15 is 0 Å². The Hall–Kier alpha value is -0.970. The van der Waals surface area contributed by atoms with E-state index in [0.29, 0.717) is 0 Å². The van der Waals surface area contributed by atoms with Gasteiger partial charge in [-0.3, -0.25) is 4.79 Å². The lowest BCUT2D eigenvalue weighted by atomic mass is 9.93. The van der Waals surface area contributed by atoms with Gasteiger partial charge in [-0.2, -0.15) is 0 Å². The molecule has 0 bridgehead atoms. The number of benzene rings is 1. The third-order valence-corrected chi connectivity index (χ3v) is 3.55. The molecular weight excluding hydrogens is 294 g/mol. The van der Waals surface area contributed by atoms with Gasteiger partial charge in [0.05, 0.1) is 17.5 Å². The van der Waals surface area contributed by atoms with E-state index < -0.39 is 23.5 Å². The second-order valence-electron chi connectivity index (χ2n) is 4.10. The Morgan fingerprint density at radius 1 is 1.47 bits per heavy atom. The molecule has 1 unspecified atom stereocenters. The van der Waals surface area contributed by atoms with E-state index in [1.807, 2.05) is 0 Å². The molecule has 1 aromatic carbocycles. The predicted molar refractivity (Wildman–Crippen MR) is 61.5 cm³/mol. The number of carbonyl (C=O) groups excluding carboxylic acids is 1. The molecule has 5 heteroatoms. The lowest BCUT2D eigenvalue weighted by Gasteiger charge is -2.16. The van der Waals surface area contributed by atoms with Gasteiger partial charge >= 0.3 is 5.97 Å². The van der Waals surface area contributed by atoms with Crippen LogP contribution < -0.4 is 0 Å². The van der Waals surface area contributed by atoms with Crippen molar-refractivity contribution in [2.24, 2.45) is 5.92 Å². The minimum atomic E-state index is -0.836. The summed E-state index contributed by atoms with van der Waals surface area (Å²) in [5.74, 6) is -2.85. The van der Waals surface area contributed by atoms with Crippen LogP contribution in [0.1, 0.15) is 24.3 Å². The molecule has 0 amide bonds. The maximum atomic E-state index is 13.9. The minimum absolute atomic E-state index is 0.0132. The molecule has 0 heterocycles. The average molecular weight is 305 g/mol. The first kappa shape index (κ1) is 12.5. The molecule has 0 radical (unpaired) electrons. The van der Waals surface area contributed by atoms with Crippen LogP contribution in [-0.4, -0.2) is 13.1 Å². The number of carbonyl (C=O) groups is 1. The van der Waals surface area contributed by atoms with E-state index in [0.717, 1.165) is 18.9 Å². The summed E-state index contributed by atoms with van der Waals surface area (Å²) in [5.41, 5.74) is -0.186. The van der Waals surface area contributed by atoms with Crippen molar-refractivity contribution in [1.29, 1.82) is 0 Å². The highest BCUT2D eigenvalue weighted by atomic mass is 79.9. The summed E-state index contributed by atoms with van der Waals surface area (Å²) >= 11 is 3.00. The molecule has 1 aromatic rings. The molecular formula is C12H11BrF2O2. The number of halogens is 3. The van der Waals surface area contributed by atoms with Gasteiger partial charge in [0.25, 0.3) is 0 Å². The first-order valence-corrected chi connectivity index (χ1v) is 6.06. The number of hydrogen-bond acceptors (Lipinski definition) is 2. The number of ether oxygens (including phenoxy) is 1. The Morgan fingerprint density at radius 2 is 2.12 bits per heavy atom. The monoisotopic (exact) mass is 304 g/mol. The summed E-state index contributed by atoms with van der Waals surface area (Å²) in [5, 5.41) is 0. The van der Waals surface area contributed by atoms with E-state index in [1.165, 1.54) is 13.2 Å². The summed E-state index contributed by atoms with van der Waals surface area (Å²) in [6.07, 6.45) is 1.59. The van der Waals surface area contributed by atoms with Crippen LogP contribution in [0.4, 0.5) is 8.78 Å². The Morgan fingerprint density at radius 3 is 2.65 bits per heavy atom. The fraction of sp³-hybridized carbons (Fsp3) is 0.417. The van der Waals surface area contributed by atoms with Crippen LogP contribution in [0, 0.1) is 17.6 Å². The van der Waals surface area contributed by atoms with Crippen molar-refractivity contribution in [2.75, 3.05) is 7.11 Å². The normalized spacial score (nSPS) is 16.7. The molecule has 0 aliphatic heterocycles. The fourth-order valence-corrected chi connectivity index (χ4v) is 2.28. The van der Waals surface area contributed by atoms with Crippen molar-refractivity contribution in [3.63, 3.8) is 0 Å². The van der Waals surface area contributed by atoms with Crippen molar-refractivity contribution in [3.05, 3.63) is 33.8 Å². The van der Waals surface area contributed by atoms with E-state index in [2.05, 4.69) is 20.7 Å². The van der Waals surface area contributed by atoms with Crippen molar-refractivity contribution in [2.45, 2.75) is 18.8 Å². The topological polar surface area (TPSA) is 26.3 Å². The smallest absolute Gasteiger partial charge is 0.313 e. The maximum absolute atomic E-state index is 13.9. The van der Waals surface area contributed by atoms with Crippen molar-refractivity contribution < 1.29 is 18.3 Å². The third kappa shape index (κ3) is 2.34. The highest BCUT2D eigenvalue weighted by Gasteiger charge is 2.41. The summed E-state index contributed by atoms with van der Waals surface area (Å²) in [6.45, 7) is 0. The van der Waals surface area contributed by atoms with Crippen molar-refractivity contribution >= 4 is 21.9 Å². The van der Waals surface area contributed by atoms with Gasteiger partial charge in [-0.25, -0.2) is 8.78 Å². The molecule has 0 aromatic heterocycles. The molecule has 1 atom stereocenters. The zero-order valence-corrected chi connectivity index (χ0v) is 10.8. The average Bonchev–Trinajstić information content (AvgIpc) is 3.13. The van der Waals surface area contributed by atoms with E-state index in [1.54, 1.807) is 0 Å². The number of esters is 1. The van der Waals surface area contributed by atoms with Crippen LogP contribution in [0.25, 0.3) is 0 Å². The molecule has 1 aliphatic carbocycles. The van der Waals surface area contributed by atoms with Gasteiger partial charge in [0, 0.05) is 5.56 Å². The van der Waals surface area contributed by atoms with Crippen LogP contribution in [0.3, 0.4) is 0 Å². The Kier molecular flexibility index (Phi) is 3.47. The van der Waals surface area contributed by atoms with E-state index in [9.17, 15) is 13.6 Å². The summed E-state index contributed by atoms with van der Waals surface area (Å²) in [6, 6.07) is 2.44. The molecule has 0 spiro atoms. The van der Waals surface area contributed by atoms with Crippen LogP contribution in [0.15, 0.2) is 16.6 Å². The summed E-state index contributed by atoms with van der Waals surface area (Å²) in [7, 11) is 1.23. The Labute approximate surface area is 106 Å². The SMILES string of the molecule is COC(=O)C(c1c(F)ccc(Br)c1F)C1CC1. The quantitative estimate of drug-likeness (QED) is 0.632. The van der Waals surface area contributed by atoms with E-state index in [4.69, 9.17) is 0 Å². The van der Waals surface area contributed by atoms with Crippen molar-refractivity contribution in [3.8, 4) is 0 Å². The fourth-order valence-electron chi connectivity index (χ4n) is 1.93. The molecule has 2 nitrogen and oxygen atoms in total. The molecule has 0 N–H and O–H groups in total. The van der Waals surface area contributed by atoms with E-state index in [-0.39, 0.29) is 16.0 Å². The minimum Gasteiger partial charge on any atom is -0.469 e. The Balaban J connectivity index is 2.49. The third-order valence-electron chi connectivity index (χ3n) is 2.94. The Bertz CT molecular complexity index is 458. The number of hydrogen-bond donors (Lipinski definition) is 0. The second-order valence-corrected chi connectivity index (χ2v) is 4.95. The molecule has 2 rings (SSSR count). The van der Waals surface area contributed by atoms with Gasteiger partial charge in [-0.05, 0) is 46.8 Å². The highest BCUT2D eigenvalue weighted by Crippen LogP contribution is 2.45. The maximum Gasteiger partial charge on any atom is 0.313 e. The van der Waals surface area contributed by atoms with Crippen LogP contribution >= 0.6 is 15.9 Å². The summed E-state index contributed by atoms with van der Waals surface area (Å²) in [4.78, 5) is 11.6. The zero-order valence-electron chi connectivity index (χ0n) is 9.17. The summed E-state index contributed by atoms with van der Waals surface area (Å²) < 4.78 is 32.4. The second kappa shape index (κ2) is 4.72. The first-order valence-electron chi connectivity index (χ1n) is 5.27. The zero-order chi connectivity index (χ0) is 12.6. The van der Waals surface area contributed by atoms with Gasteiger partial charge in [-0.1, -0.05) is 0 Å². The predicted octanol–water partition coefficient (Wildman–Crippen LogP) is 3.39. The van der Waals surface area contributed by atoms with Gasteiger partial charge in [0.1, 0.15) is 11.6 Å². The molecule has 92 valence electrons. The number of rotatable bonds is 3. The standard InChI is InChI=1S/C12H11BrF2O2/c1-17-12(16)9(6-2-3-6)10-8(14)5-4-7(13)11(10)15/h4-6,9H,2-3H2,1H3. The number of methoxy groups -OCH3 is 1. The molecule has 0 saturated heterocycles. The molecule has 1 saturated carbocycles. The van der Waals surface area contributed by atoms with Crippen LogP contribution in [0.2, 0.25) is 0 Å². The van der Waals surface area contributed by atoms with Gasteiger partial charge in [0.2, 0.25) is 0 Å². The van der Waals surface area contributed by atoms with Gasteiger partial charge in [0.15, 0.2) is 0 Å². The first-order chi connectivity index (χ1) is 8.06. The largest absolute Gasteiger partial charge is 0.469 e.